The molecule has 0 aromatic heterocycles. The number of hydrogen-bond acceptors (Lipinski definition) is 3. The minimum atomic E-state index is -1.28. The van der Waals surface area contributed by atoms with E-state index in [-0.39, 0.29) is 13.2 Å². The number of hydrogen-bond donors (Lipinski definition) is 2. The van der Waals surface area contributed by atoms with Gasteiger partial charge in [0.25, 0.3) is 0 Å². The molecular formula is C4H7Br3O3. The molecule has 1 atom stereocenters. The zero-order chi connectivity index (χ0) is 8.20. The monoisotopic (exact) mass is 340 g/mol. The molecule has 1 unspecified atom stereocenters. The molecule has 6 heteroatoms. The third-order valence-electron chi connectivity index (χ3n) is 0.629. The Labute approximate surface area is 84.1 Å². The Bertz CT molecular complexity index is 92.2. The molecule has 0 amide bonds. The maximum absolute atomic E-state index is 9.09. The number of aliphatic hydroxyl groups excluding tert-OH is 1. The lowest BCUT2D eigenvalue weighted by molar-refractivity contribution is 0.0301. The molecule has 62 valence electrons. The minimum absolute atomic E-state index is 0.0713. The second-order valence-electron chi connectivity index (χ2n) is 1.50. The zero-order valence-electron chi connectivity index (χ0n) is 4.93. The molecule has 0 aliphatic carbocycles. The van der Waals surface area contributed by atoms with Gasteiger partial charge in [-0.25, -0.2) is 0 Å². The molecule has 10 heavy (non-hydrogen) atoms. The van der Waals surface area contributed by atoms with E-state index >= 15 is 0 Å². The van der Waals surface area contributed by atoms with E-state index in [2.05, 4.69) is 47.8 Å². The summed E-state index contributed by atoms with van der Waals surface area (Å²) in [5, 5.41) is 16.8. The van der Waals surface area contributed by atoms with Crippen LogP contribution in [0, 0.1) is 0 Å². The Balaban J connectivity index is 3.52. The molecular weight excluding hydrogens is 336 g/mol. The van der Waals surface area contributed by atoms with Crippen molar-refractivity contribution in [1.82, 2.24) is 0 Å². The van der Waals surface area contributed by atoms with Gasteiger partial charge in [-0.1, -0.05) is 15.9 Å². The fourth-order valence-corrected chi connectivity index (χ4v) is 0.708. The van der Waals surface area contributed by atoms with Gasteiger partial charge in [0, 0.05) is 0 Å². The molecule has 0 spiro atoms. The molecule has 0 bridgehead atoms. The molecule has 0 saturated carbocycles. The van der Waals surface area contributed by atoms with E-state index in [1.807, 2.05) is 0 Å². The highest BCUT2D eigenvalue weighted by atomic mass is 79.9. The smallest absolute Gasteiger partial charge is 0.211 e. The highest BCUT2D eigenvalue weighted by molar-refractivity contribution is 9.26. The molecule has 0 heterocycles. The SMILES string of the molecule is OCCOC(Br)C(O)(Br)Br. The Hall–Kier alpha value is 1.32. The van der Waals surface area contributed by atoms with Crippen LogP contribution < -0.4 is 0 Å². The summed E-state index contributed by atoms with van der Waals surface area (Å²) in [5.74, 6) is 0. The van der Waals surface area contributed by atoms with Gasteiger partial charge in [-0.2, -0.15) is 0 Å². The van der Waals surface area contributed by atoms with Gasteiger partial charge in [-0.15, -0.1) is 0 Å². The van der Waals surface area contributed by atoms with Crippen LogP contribution in [0.15, 0.2) is 0 Å². The number of alkyl halides is 3. The van der Waals surface area contributed by atoms with Crippen molar-refractivity contribution in [3.05, 3.63) is 0 Å². The minimum Gasteiger partial charge on any atom is -0.394 e. The van der Waals surface area contributed by atoms with Crippen molar-refractivity contribution in [1.29, 1.82) is 0 Å². The van der Waals surface area contributed by atoms with Crippen LogP contribution in [0.3, 0.4) is 0 Å². The van der Waals surface area contributed by atoms with Gasteiger partial charge in [0.05, 0.1) is 13.2 Å². The van der Waals surface area contributed by atoms with E-state index < -0.39 is 8.43 Å². The second kappa shape index (κ2) is 5.05. The third kappa shape index (κ3) is 5.03. The standard InChI is InChI=1S/C4H7Br3O3/c5-3(4(6,7)9)10-2-1-8/h3,8-9H,1-2H2. The van der Waals surface area contributed by atoms with E-state index in [1.54, 1.807) is 0 Å². The van der Waals surface area contributed by atoms with E-state index in [0.29, 0.717) is 0 Å². The van der Waals surface area contributed by atoms with E-state index in [0.717, 1.165) is 0 Å². The van der Waals surface area contributed by atoms with Crippen molar-refractivity contribution >= 4 is 47.8 Å². The number of rotatable bonds is 4. The van der Waals surface area contributed by atoms with Crippen LogP contribution in [0.25, 0.3) is 0 Å². The first-order valence-corrected chi connectivity index (χ1v) is 4.95. The summed E-state index contributed by atoms with van der Waals surface area (Å²) in [5.41, 5.74) is 0. The number of ether oxygens (including phenoxy) is 1. The van der Waals surface area contributed by atoms with Crippen molar-refractivity contribution in [2.24, 2.45) is 0 Å². The first-order chi connectivity index (χ1) is 4.48. The summed E-state index contributed by atoms with van der Waals surface area (Å²) in [6.45, 7) is 0.105. The summed E-state index contributed by atoms with van der Waals surface area (Å²) in [6, 6.07) is 0. The summed E-state index contributed by atoms with van der Waals surface area (Å²) >= 11 is 8.81. The molecule has 3 nitrogen and oxygen atoms in total. The van der Waals surface area contributed by atoms with E-state index in [9.17, 15) is 0 Å². The van der Waals surface area contributed by atoms with Crippen LogP contribution in [-0.2, 0) is 4.74 Å². The normalized spacial score (nSPS) is 15.3. The maximum atomic E-state index is 9.09. The van der Waals surface area contributed by atoms with Crippen molar-refractivity contribution in [2.75, 3.05) is 13.2 Å². The van der Waals surface area contributed by atoms with Gasteiger partial charge < -0.3 is 14.9 Å². The Morgan fingerprint density at radius 1 is 1.50 bits per heavy atom. The third-order valence-corrected chi connectivity index (χ3v) is 3.62. The van der Waals surface area contributed by atoms with Crippen LogP contribution >= 0.6 is 47.8 Å². The Morgan fingerprint density at radius 3 is 2.30 bits per heavy atom. The fourth-order valence-electron chi connectivity index (χ4n) is 0.256. The van der Waals surface area contributed by atoms with Crippen molar-refractivity contribution < 1.29 is 14.9 Å². The molecule has 2 N–H and O–H groups in total. The first-order valence-electron chi connectivity index (χ1n) is 2.45. The van der Waals surface area contributed by atoms with Gasteiger partial charge in [0.1, 0.15) is 0 Å². The molecule has 0 rings (SSSR count). The van der Waals surface area contributed by atoms with Gasteiger partial charge in [-0.3, -0.25) is 0 Å². The highest BCUT2D eigenvalue weighted by Crippen LogP contribution is 2.32. The van der Waals surface area contributed by atoms with Crippen LogP contribution in [-0.4, -0.2) is 31.9 Å². The van der Waals surface area contributed by atoms with Gasteiger partial charge in [0.2, 0.25) is 3.42 Å². The zero-order valence-corrected chi connectivity index (χ0v) is 9.69. The van der Waals surface area contributed by atoms with Crippen molar-refractivity contribution in [3.8, 4) is 0 Å². The lowest BCUT2D eigenvalue weighted by Crippen LogP contribution is -2.27. The van der Waals surface area contributed by atoms with E-state index in [4.69, 9.17) is 14.9 Å². The van der Waals surface area contributed by atoms with Gasteiger partial charge in [0.15, 0.2) is 5.01 Å². The predicted octanol–water partition coefficient (Wildman–Crippen LogP) is 1.15. The number of aliphatic hydroxyl groups is 2. The number of halogens is 3. The topological polar surface area (TPSA) is 49.7 Å². The highest BCUT2D eigenvalue weighted by Gasteiger charge is 2.29. The van der Waals surface area contributed by atoms with E-state index in [1.165, 1.54) is 0 Å². The Morgan fingerprint density at radius 2 is 2.00 bits per heavy atom. The molecule has 0 aromatic rings. The average Bonchev–Trinajstić information content (AvgIpc) is 1.80. The quantitative estimate of drug-likeness (QED) is 0.754. The summed E-state index contributed by atoms with van der Waals surface area (Å²) < 4.78 is 3.60. The maximum Gasteiger partial charge on any atom is 0.211 e. The molecule has 0 saturated heterocycles. The van der Waals surface area contributed by atoms with Crippen molar-refractivity contribution in [2.45, 2.75) is 8.43 Å². The summed E-state index contributed by atoms with van der Waals surface area (Å²) in [6.07, 6.45) is 0. The lowest BCUT2D eigenvalue weighted by atomic mass is 10.7. The second-order valence-corrected chi connectivity index (χ2v) is 5.81. The largest absolute Gasteiger partial charge is 0.394 e. The summed E-state index contributed by atoms with van der Waals surface area (Å²) in [7, 11) is 0. The van der Waals surface area contributed by atoms with Crippen LogP contribution in [0.1, 0.15) is 0 Å². The fraction of sp³-hybridized carbons (Fsp3) is 1.00. The van der Waals surface area contributed by atoms with Crippen LogP contribution in [0.5, 0.6) is 0 Å². The Kier molecular flexibility index (Phi) is 5.72. The van der Waals surface area contributed by atoms with Crippen LogP contribution in [0.4, 0.5) is 0 Å². The predicted molar refractivity (Wildman–Crippen MR) is 48.6 cm³/mol. The first kappa shape index (κ1) is 11.3. The van der Waals surface area contributed by atoms with Gasteiger partial charge >= 0.3 is 0 Å². The molecule has 0 aliphatic rings. The molecule has 0 radical (unpaired) electrons. The van der Waals surface area contributed by atoms with Gasteiger partial charge in [-0.05, 0) is 31.9 Å². The lowest BCUT2D eigenvalue weighted by Gasteiger charge is -2.19. The average molecular weight is 343 g/mol. The van der Waals surface area contributed by atoms with Crippen molar-refractivity contribution in [3.63, 3.8) is 0 Å². The molecule has 0 aliphatic heterocycles. The van der Waals surface area contributed by atoms with Crippen LogP contribution in [0.2, 0.25) is 0 Å². The molecule has 0 aromatic carbocycles. The summed E-state index contributed by atoms with van der Waals surface area (Å²) in [4.78, 5) is 0. The molecule has 0 fully saturated rings.